The van der Waals surface area contributed by atoms with Crippen LogP contribution in [0.2, 0.25) is 0 Å². The van der Waals surface area contributed by atoms with Crippen molar-refractivity contribution >= 4 is 5.91 Å². The first kappa shape index (κ1) is 12.0. The Kier molecular flexibility index (Phi) is 3.39. The summed E-state index contributed by atoms with van der Waals surface area (Å²) in [5, 5.41) is 1.68. The summed E-state index contributed by atoms with van der Waals surface area (Å²) in [7, 11) is 3.92. The molecule has 1 heterocycles. The first-order chi connectivity index (χ1) is 6.92. The molecule has 4 nitrogen and oxygen atoms in total. The zero-order valence-corrected chi connectivity index (χ0v) is 10.2. The van der Waals surface area contributed by atoms with E-state index in [0.717, 1.165) is 6.42 Å². The van der Waals surface area contributed by atoms with Crippen LogP contribution in [-0.2, 0) is 4.79 Å². The third-order valence-corrected chi connectivity index (χ3v) is 3.23. The molecule has 0 bridgehead atoms. The van der Waals surface area contributed by atoms with Gasteiger partial charge in [0.25, 0.3) is 5.91 Å². The Hall–Kier alpha value is -1.03. The molecular weight excluding hydrogens is 190 g/mol. The zero-order valence-electron chi connectivity index (χ0n) is 10.2. The van der Waals surface area contributed by atoms with E-state index in [1.54, 1.807) is 5.01 Å². The van der Waals surface area contributed by atoms with Crippen molar-refractivity contribution in [3.8, 4) is 0 Å². The molecule has 0 radical (unpaired) electrons. The van der Waals surface area contributed by atoms with Crippen LogP contribution >= 0.6 is 0 Å². The van der Waals surface area contributed by atoms with Crippen LogP contribution in [0, 0.1) is 5.41 Å². The molecule has 1 N–H and O–H groups in total. The van der Waals surface area contributed by atoms with E-state index in [4.69, 9.17) is 0 Å². The van der Waals surface area contributed by atoms with Gasteiger partial charge in [-0.1, -0.05) is 13.0 Å². The summed E-state index contributed by atoms with van der Waals surface area (Å²) >= 11 is 0. The summed E-state index contributed by atoms with van der Waals surface area (Å²) in [5.41, 5.74) is 2.64. The lowest BCUT2D eigenvalue weighted by Gasteiger charge is -2.40. The summed E-state index contributed by atoms with van der Waals surface area (Å²) < 4.78 is 0. The summed E-state index contributed by atoms with van der Waals surface area (Å²) in [4.78, 5) is 14.2. The minimum absolute atomic E-state index is 0.0494. The lowest BCUT2D eigenvalue weighted by molar-refractivity contribution is -0.149. The molecule has 1 amide bonds. The smallest absolute Gasteiger partial charge is 0.252 e. The van der Waals surface area contributed by atoms with Gasteiger partial charge in [0.2, 0.25) is 0 Å². The maximum Gasteiger partial charge on any atom is 0.252 e. The van der Waals surface area contributed by atoms with Crippen molar-refractivity contribution < 1.29 is 4.79 Å². The number of carbonyl (C=O) groups excluding carboxylic acids is 1. The summed E-state index contributed by atoms with van der Waals surface area (Å²) in [5.74, 6) is 0.133. The Morgan fingerprint density at radius 1 is 1.60 bits per heavy atom. The molecule has 1 aliphatic rings. The van der Waals surface area contributed by atoms with Crippen LogP contribution in [0.15, 0.2) is 12.3 Å². The van der Waals surface area contributed by atoms with Crippen molar-refractivity contribution in [1.29, 1.82) is 0 Å². The topological polar surface area (TPSA) is 35.6 Å². The Balaban J connectivity index is 2.88. The lowest BCUT2D eigenvalue weighted by Crippen LogP contribution is -2.57. The Morgan fingerprint density at radius 3 is 2.67 bits per heavy atom. The molecule has 0 aromatic carbocycles. The molecule has 0 saturated carbocycles. The number of hydrogen-bond donors (Lipinski definition) is 1. The summed E-state index contributed by atoms with van der Waals surface area (Å²) in [6, 6.07) is 0. The highest BCUT2D eigenvalue weighted by Crippen LogP contribution is 2.28. The standard InChI is InChI=1S/C11H21N3O/c1-6-11(3)7-8-12-14(10(11)15)9(2)13(4)5/h7-9,12H,6H2,1-5H3. The monoisotopic (exact) mass is 211 g/mol. The van der Waals surface area contributed by atoms with Gasteiger partial charge in [-0.3, -0.25) is 9.69 Å². The maximum atomic E-state index is 12.2. The predicted molar refractivity (Wildman–Crippen MR) is 60.7 cm³/mol. The molecule has 0 aromatic heterocycles. The number of nitrogens with zero attached hydrogens (tertiary/aromatic N) is 2. The molecule has 86 valence electrons. The summed E-state index contributed by atoms with van der Waals surface area (Å²) in [6.45, 7) is 6.01. The van der Waals surface area contributed by atoms with Gasteiger partial charge < -0.3 is 5.43 Å². The lowest BCUT2D eigenvalue weighted by atomic mass is 9.85. The Morgan fingerprint density at radius 2 is 2.20 bits per heavy atom. The second kappa shape index (κ2) is 4.23. The number of hydrogen-bond acceptors (Lipinski definition) is 3. The first-order valence-electron chi connectivity index (χ1n) is 5.36. The van der Waals surface area contributed by atoms with Crippen LogP contribution in [-0.4, -0.2) is 36.1 Å². The van der Waals surface area contributed by atoms with Crippen molar-refractivity contribution in [3.05, 3.63) is 12.3 Å². The third kappa shape index (κ3) is 2.15. The van der Waals surface area contributed by atoms with Crippen molar-refractivity contribution in [3.63, 3.8) is 0 Å². The SMILES string of the molecule is CCC1(C)C=CNN(C(C)N(C)C)C1=O. The van der Waals surface area contributed by atoms with E-state index in [-0.39, 0.29) is 17.5 Å². The van der Waals surface area contributed by atoms with Crippen LogP contribution in [0.4, 0.5) is 0 Å². The molecule has 0 spiro atoms. The van der Waals surface area contributed by atoms with Crippen molar-refractivity contribution in [1.82, 2.24) is 15.3 Å². The van der Waals surface area contributed by atoms with Gasteiger partial charge in [0.15, 0.2) is 0 Å². The molecule has 0 aliphatic carbocycles. The van der Waals surface area contributed by atoms with Gasteiger partial charge in [-0.05, 0) is 34.4 Å². The van der Waals surface area contributed by atoms with Crippen molar-refractivity contribution in [2.75, 3.05) is 14.1 Å². The fraction of sp³-hybridized carbons (Fsp3) is 0.727. The molecular formula is C11H21N3O. The maximum absolute atomic E-state index is 12.2. The molecule has 1 aliphatic heterocycles. The molecule has 0 aromatic rings. The van der Waals surface area contributed by atoms with Crippen molar-refractivity contribution in [2.45, 2.75) is 33.4 Å². The molecule has 1 rings (SSSR count). The quantitative estimate of drug-likeness (QED) is 0.761. The van der Waals surface area contributed by atoms with E-state index < -0.39 is 0 Å². The largest absolute Gasteiger partial charge is 0.302 e. The highest BCUT2D eigenvalue weighted by Gasteiger charge is 2.37. The van der Waals surface area contributed by atoms with E-state index in [1.807, 2.05) is 52.0 Å². The Labute approximate surface area is 91.9 Å². The number of amides is 1. The molecule has 2 unspecified atom stereocenters. The first-order valence-corrected chi connectivity index (χ1v) is 5.36. The van der Waals surface area contributed by atoms with Crippen LogP contribution < -0.4 is 5.43 Å². The molecule has 0 saturated heterocycles. The van der Waals surface area contributed by atoms with E-state index in [2.05, 4.69) is 5.43 Å². The van der Waals surface area contributed by atoms with Gasteiger partial charge >= 0.3 is 0 Å². The van der Waals surface area contributed by atoms with E-state index in [0.29, 0.717) is 0 Å². The van der Waals surface area contributed by atoms with Crippen LogP contribution in [0.1, 0.15) is 27.2 Å². The van der Waals surface area contributed by atoms with Gasteiger partial charge in [-0.25, -0.2) is 5.01 Å². The second-order valence-corrected chi connectivity index (χ2v) is 4.50. The van der Waals surface area contributed by atoms with Gasteiger partial charge in [0, 0.05) is 6.20 Å². The molecule has 0 fully saturated rings. The minimum atomic E-state index is -0.366. The molecule has 15 heavy (non-hydrogen) atoms. The number of rotatable bonds is 3. The highest BCUT2D eigenvalue weighted by atomic mass is 16.2. The summed E-state index contributed by atoms with van der Waals surface area (Å²) in [6.07, 6.45) is 4.66. The Bertz CT molecular complexity index is 275. The van der Waals surface area contributed by atoms with E-state index in [1.165, 1.54) is 0 Å². The van der Waals surface area contributed by atoms with Gasteiger partial charge in [0.1, 0.15) is 6.17 Å². The average molecular weight is 211 g/mol. The van der Waals surface area contributed by atoms with Crippen LogP contribution in [0.25, 0.3) is 0 Å². The van der Waals surface area contributed by atoms with Crippen LogP contribution in [0.3, 0.4) is 0 Å². The predicted octanol–water partition coefficient (Wildman–Crippen LogP) is 1.17. The molecule has 2 atom stereocenters. The van der Waals surface area contributed by atoms with Crippen molar-refractivity contribution in [2.24, 2.45) is 5.41 Å². The normalized spacial score (nSPS) is 28.1. The minimum Gasteiger partial charge on any atom is -0.302 e. The van der Waals surface area contributed by atoms with Crippen LogP contribution in [0.5, 0.6) is 0 Å². The van der Waals surface area contributed by atoms with Gasteiger partial charge in [-0.15, -0.1) is 0 Å². The fourth-order valence-electron chi connectivity index (χ4n) is 1.48. The second-order valence-electron chi connectivity index (χ2n) is 4.50. The third-order valence-electron chi connectivity index (χ3n) is 3.23. The average Bonchev–Trinajstić information content (AvgIpc) is 2.21. The highest BCUT2D eigenvalue weighted by molar-refractivity contribution is 5.85. The molecule has 4 heteroatoms. The number of hydrazine groups is 1. The van der Waals surface area contributed by atoms with E-state index >= 15 is 0 Å². The number of nitrogens with one attached hydrogen (secondary N) is 1. The van der Waals surface area contributed by atoms with E-state index in [9.17, 15) is 4.79 Å². The fourth-order valence-corrected chi connectivity index (χ4v) is 1.48. The number of carbonyl (C=O) groups is 1. The van der Waals surface area contributed by atoms with Gasteiger partial charge in [-0.2, -0.15) is 0 Å². The zero-order chi connectivity index (χ0) is 11.6. The van der Waals surface area contributed by atoms with Gasteiger partial charge in [0.05, 0.1) is 5.41 Å².